The van der Waals surface area contributed by atoms with Crippen molar-refractivity contribution in [1.29, 1.82) is 0 Å². The molecule has 10 heteroatoms. The van der Waals surface area contributed by atoms with Crippen LogP contribution < -0.4 is 20.1 Å². The van der Waals surface area contributed by atoms with E-state index >= 15 is 0 Å². The van der Waals surface area contributed by atoms with Crippen LogP contribution in [-0.2, 0) is 27.2 Å². The Hall–Kier alpha value is -4.34. The Balaban J connectivity index is 1.40. The molecule has 7 heterocycles. The highest BCUT2D eigenvalue weighted by atomic mass is 19.1. The number of anilines is 2. The molecule has 1 aromatic heterocycles. The molecule has 9 nitrogen and oxygen atoms in total. The molecular weight excluding hydrogens is 503 g/mol. The van der Waals surface area contributed by atoms with E-state index < -0.39 is 17.3 Å². The van der Waals surface area contributed by atoms with Crippen molar-refractivity contribution in [2.45, 2.75) is 51.0 Å². The van der Waals surface area contributed by atoms with Gasteiger partial charge in [-0.2, -0.15) is 0 Å². The van der Waals surface area contributed by atoms with Gasteiger partial charge in [-0.3, -0.25) is 14.4 Å². The summed E-state index contributed by atoms with van der Waals surface area (Å²) in [5.41, 5.74) is 0.599. The highest BCUT2D eigenvalue weighted by Crippen LogP contribution is 2.33. The summed E-state index contributed by atoms with van der Waals surface area (Å²) in [7, 11) is 0. The summed E-state index contributed by atoms with van der Waals surface area (Å²) in [6.07, 6.45) is 3.16. The zero-order chi connectivity index (χ0) is 27.4. The second-order valence-corrected chi connectivity index (χ2v) is 9.84. The van der Waals surface area contributed by atoms with Crippen molar-refractivity contribution in [1.82, 2.24) is 15.3 Å². The Bertz CT molecular complexity index is 1410. The molecule has 6 aliphatic rings. The summed E-state index contributed by atoms with van der Waals surface area (Å²) in [6.45, 7) is 2.05. The van der Waals surface area contributed by atoms with Gasteiger partial charge in [-0.05, 0) is 55.7 Å². The third-order valence-electron chi connectivity index (χ3n) is 6.87. The first-order chi connectivity index (χ1) is 18.8. The number of ether oxygens (including phenoxy) is 2. The summed E-state index contributed by atoms with van der Waals surface area (Å²) in [4.78, 5) is 46.5. The number of nitrogens with zero attached hydrogens (tertiary/aromatic N) is 2. The van der Waals surface area contributed by atoms with Crippen molar-refractivity contribution in [3.05, 3.63) is 71.3 Å². The highest BCUT2D eigenvalue weighted by Gasteiger charge is 2.46. The van der Waals surface area contributed by atoms with Crippen LogP contribution in [0.2, 0.25) is 0 Å². The van der Waals surface area contributed by atoms with Crippen molar-refractivity contribution >= 4 is 29.1 Å². The van der Waals surface area contributed by atoms with E-state index in [1.54, 1.807) is 42.5 Å². The van der Waals surface area contributed by atoms with Crippen LogP contribution in [0.4, 0.5) is 16.0 Å². The monoisotopic (exact) mass is 532 g/mol. The summed E-state index contributed by atoms with van der Waals surface area (Å²) in [6, 6.07) is 12.3. The number of hydrogen-bond acceptors (Lipinski definition) is 8. The van der Waals surface area contributed by atoms with Gasteiger partial charge in [-0.15, -0.1) is 0 Å². The quantitative estimate of drug-likeness (QED) is 0.419. The minimum absolute atomic E-state index is 0.0126. The van der Waals surface area contributed by atoms with Crippen LogP contribution in [0.1, 0.15) is 49.4 Å². The number of hydrogen-bond donors (Lipinski definition) is 2. The molecule has 1 unspecified atom stereocenters. The van der Waals surface area contributed by atoms with E-state index in [0.29, 0.717) is 48.6 Å². The van der Waals surface area contributed by atoms with Crippen LogP contribution in [0.15, 0.2) is 48.7 Å². The average Bonchev–Trinajstić information content (AvgIpc) is 2.91. The summed E-state index contributed by atoms with van der Waals surface area (Å²) < 4.78 is 26.2. The second kappa shape index (κ2) is 11.2. The van der Waals surface area contributed by atoms with E-state index in [2.05, 4.69) is 20.6 Å². The maximum Gasteiger partial charge on any atom is 0.271 e. The number of rotatable bonds is 0. The maximum atomic E-state index is 14.6. The molecule has 39 heavy (non-hydrogen) atoms. The minimum atomic E-state index is -1.65. The number of nitrogens with one attached hydrogen (secondary N) is 2. The van der Waals surface area contributed by atoms with Gasteiger partial charge in [0.1, 0.15) is 17.3 Å². The standard InChI is InChI=1S/C29H29FN4O5/c1-29-26(36)16-19-14-18(5-10-25(19)39-29)15-24-23(30)17-32-28(34-24)33-20-6-8-22(9-7-20)38-13-11-21(35)4-2-3-12-31-27(29)37/h5-10,14,17H,2-4,11-13,15-16H2,1H3,(H,31,37)(H,32,33,34). The smallest absolute Gasteiger partial charge is 0.271 e. The number of carbonyl (C=O) groups excluding carboxylic acids is 3. The van der Waals surface area contributed by atoms with Crippen molar-refractivity contribution in [2.75, 3.05) is 18.5 Å². The molecule has 0 saturated carbocycles. The van der Waals surface area contributed by atoms with E-state index in [9.17, 15) is 18.8 Å². The first-order valence-corrected chi connectivity index (χ1v) is 13.0. The van der Waals surface area contributed by atoms with Crippen molar-refractivity contribution in [3.63, 3.8) is 0 Å². The zero-order valence-corrected chi connectivity index (χ0v) is 21.6. The summed E-state index contributed by atoms with van der Waals surface area (Å²) >= 11 is 0. The van der Waals surface area contributed by atoms with E-state index in [1.165, 1.54) is 6.92 Å². The molecule has 0 saturated heterocycles. The molecule has 0 aliphatic carbocycles. The fourth-order valence-corrected chi connectivity index (χ4v) is 4.54. The van der Waals surface area contributed by atoms with Crippen LogP contribution in [0, 0.1) is 5.82 Å². The molecule has 0 radical (unpaired) electrons. The topological polar surface area (TPSA) is 120 Å². The molecule has 2 aromatic carbocycles. The predicted molar refractivity (Wildman–Crippen MR) is 141 cm³/mol. The molecule has 0 fully saturated rings. The van der Waals surface area contributed by atoms with Gasteiger partial charge in [0.05, 0.1) is 18.5 Å². The normalized spacial score (nSPS) is 20.3. The van der Waals surface area contributed by atoms with Crippen LogP contribution in [0.5, 0.6) is 11.5 Å². The van der Waals surface area contributed by atoms with Gasteiger partial charge in [0.15, 0.2) is 11.6 Å². The largest absolute Gasteiger partial charge is 0.493 e. The maximum absolute atomic E-state index is 14.6. The molecule has 3 aromatic rings. The molecular formula is C29H29FN4O5. The van der Waals surface area contributed by atoms with Gasteiger partial charge in [0.25, 0.3) is 5.91 Å². The van der Waals surface area contributed by atoms with E-state index in [1.807, 2.05) is 0 Å². The fraction of sp³-hybridized carbons (Fsp3) is 0.345. The third kappa shape index (κ3) is 6.05. The summed E-state index contributed by atoms with van der Waals surface area (Å²) in [5.74, 6) is -0.0735. The number of ketones is 2. The summed E-state index contributed by atoms with van der Waals surface area (Å²) in [5, 5.41) is 5.83. The van der Waals surface area contributed by atoms with Gasteiger partial charge in [0.2, 0.25) is 11.5 Å². The van der Waals surface area contributed by atoms with Crippen molar-refractivity contribution in [3.8, 4) is 11.5 Å². The fourth-order valence-electron chi connectivity index (χ4n) is 4.54. The van der Waals surface area contributed by atoms with Gasteiger partial charge in [-0.1, -0.05) is 12.1 Å². The highest BCUT2D eigenvalue weighted by molar-refractivity contribution is 6.11. The second-order valence-electron chi connectivity index (χ2n) is 9.84. The van der Waals surface area contributed by atoms with Gasteiger partial charge >= 0.3 is 0 Å². The van der Waals surface area contributed by atoms with Crippen LogP contribution in [-0.4, -0.2) is 46.2 Å². The predicted octanol–water partition coefficient (Wildman–Crippen LogP) is 3.85. The minimum Gasteiger partial charge on any atom is -0.493 e. The van der Waals surface area contributed by atoms with Crippen molar-refractivity contribution in [2.24, 2.45) is 0 Å². The molecule has 202 valence electrons. The van der Waals surface area contributed by atoms with Gasteiger partial charge in [-0.25, -0.2) is 14.4 Å². The zero-order valence-electron chi connectivity index (χ0n) is 21.6. The number of benzene rings is 2. The lowest BCUT2D eigenvalue weighted by Crippen LogP contribution is -2.57. The first-order valence-electron chi connectivity index (χ1n) is 13.0. The SMILES string of the molecule is CC12Oc3ccc(cc3CC1=O)Cc1nc(ncc1F)Nc1ccc(cc1)OCCC(=O)CCCCNC2=O. The van der Waals surface area contributed by atoms with E-state index in [0.717, 1.165) is 11.8 Å². The number of amides is 1. The number of Topliss-reactive ketones (excluding diaryl/α,β-unsaturated/α-hetero) is 2. The van der Waals surface area contributed by atoms with Crippen LogP contribution >= 0.6 is 0 Å². The number of carbonyl (C=O) groups is 3. The Morgan fingerprint density at radius 1 is 1.00 bits per heavy atom. The molecule has 1 atom stereocenters. The number of aromatic nitrogens is 2. The van der Waals surface area contributed by atoms with E-state index in [4.69, 9.17) is 9.47 Å². The molecule has 9 rings (SSSR count). The first kappa shape index (κ1) is 26.3. The molecule has 6 aliphatic heterocycles. The Labute approximate surface area is 225 Å². The lowest BCUT2D eigenvalue weighted by atomic mass is 9.89. The molecule has 0 spiro atoms. The van der Waals surface area contributed by atoms with Crippen LogP contribution in [0.3, 0.4) is 0 Å². The van der Waals surface area contributed by atoms with Crippen molar-refractivity contribution < 1.29 is 28.2 Å². The number of halogens is 1. The third-order valence-corrected chi connectivity index (χ3v) is 6.87. The lowest BCUT2D eigenvalue weighted by molar-refractivity contribution is -0.148. The molecule has 8 bridgehead atoms. The van der Waals surface area contributed by atoms with E-state index in [-0.39, 0.29) is 49.1 Å². The Kier molecular flexibility index (Phi) is 7.53. The van der Waals surface area contributed by atoms with Crippen LogP contribution in [0.25, 0.3) is 0 Å². The molecule has 2 N–H and O–H groups in total. The average molecular weight is 533 g/mol. The van der Waals surface area contributed by atoms with Gasteiger partial charge < -0.3 is 20.1 Å². The van der Waals surface area contributed by atoms with Gasteiger partial charge in [0, 0.05) is 43.5 Å². The Morgan fingerprint density at radius 2 is 1.82 bits per heavy atom. The molecule has 1 amide bonds. The Morgan fingerprint density at radius 3 is 2.64 bits per heavy atom. The lowest BCUT2D eigenvalue weighted by Gasteiger charge is -2.33.